The van der Waals surface area contributed by atoms with E-state index in [1.807, 2.05) is 24.9 Å². The zero-order chi connectivity index (χ0) is 13.0. The van der Waals surface area contributed by atoms with E-state index in [1.54, 1.807) is 12.1 Å². The first-order valence-electron chi connectivity index (χ1n) is 6.84. The molecule has 3 heteroatoms. The summed E-state index contributed by atoms with van der Waals surface area (Å²) in [6, 6.07) is 5.40. The molecular weight excluding hydrogens is 245 g/mol. The molecule has 1 aromatic carbocycles. The number of hydrogen-bond donors (Lipinski definition) is 1. The Hall–Kier alpha value is -0.540. The van der Waals surface area contributed by atoms with E-state index in [9.17, 15) is 4.39 Å². The molecule has 0 bridgehead atoms. The van der Waals surface area contributed by atoms with Crippen molar-refractivity contribution in [2.45, 2.75) is 55.2 Å². The Kier molecular flexibility index (Phi) is 5.07. The zero-order valence-electron chi connectivity index (χ0n) is 11.2. The molecule has 0 aliphatic heterocycles. The van der Waals surface area contributed by atoms with Gasteiger partial charge in [-0.25, -0.2) is 4.39 Å². The van der Waals surface area contributed by atoms with E-state index in [1.165, 1.54) is 37.0 Å². The zero-order valence-corrected chi connectivity index (χ0v) is 12.0. The standard InChI is InChI=1S/C15H22FNS/c1-11(17-2)14-10-12(16)8-9-15(14)18-13-6-4-3-5-7-13/h8-11,13,17H,3-7H2,1-2H3. The van der Waals surface area contributed by atoms with E-state index >= 15 is 0 Å². The van der Waals surface area contributed by atoms with E-state index in [2.05, 4.69) is 12.2 Å². The Balaban J connectivity index is 2.15. The summed E-state index contributed by atoms with van der Waals surface area (Å²) in [6.07, 6.45) is 6.66. The number of thioether (sulfide) groups is 1. The van der Waals surface area contributed by atoms with Gasteiger partial charge in [0, 0.05) is 16.2 Å². The fourth-order valence-corrected chi connectivity index (χ4v) is 3.93. The molecule has 1 N–H and O–H groups in total. The van der Waals surface area contributed by atoms with Crippen LogP contribution in [0.5, 0.6) is 0 Å². The maximum Gasteiger partial charge on any atom is 0.123 e. The highest BCUT2D eigenvalue weighted by Crippen LogP contribution is 2.37. The molecule has 100 valence electrons. The maximum absolute atomic E-state index is 13.4. The monoisotopic (exact) mass is 267 g/mol. The van der Waals surface area contributed by atoms with Crippen LogP contribution < -0.4 is 5.32 Å². The van der Waals surface area contributed by atoms with Crippen LogP contribution in [-0.2, 0) is 0 Å². The Morgan fingerprint density at radius 3 is 2.67 bits per heavy atom. The molecule has 1 aromatic rings. The third-order valence-electron chi connectivity index (χ3n) is 3.72. The molecule has 0 aromatic heterocycles. The van der Waals surface area contributed by atoms with Gasteiger partial charge in [0.15, 0.2) is 0 Å². The SMILES string of the molecule is CNC(C)c1cc(F)ccc1SC1CCCCC1. The quantitative estimate of drug-likeness (QED) is 0.860. The van der Waals surface area contributed by atoms with Crippen LogP contribution in [0, 0.1) is 5.82 Å². The molecule has 0 radical (unpaired) electrons. The third-order valence-corrected chi connectivity index (χ3v) is 5.15. The predicted molar refractivity (Wildman–Crippen MR) is 76.6 cm³/mol. The van der Waals surface area contributed by atoms with Gasteiger partial charge in [-0.05, 0) is 50.6 Å². The number of rotatable bonds is 4. The van der Waals surface area contributed by atoms with Crippen molar-refractivity contribution in [3.8, 4) is 0 Å². The molecule has 1 atom stereocenters. The third kappa shape index (κ3) is 3.48. The molecule has 0 amide bonds. The highest BCUT2D eigenvalue weighted by atomic mass is 32.2. The summed E-state index contributed by atoms with van der Waals surface area (Å²) >= 11 is 1.94. The molecule has 1 fully saturated rings. The first-order valence-corrected chi connectivity index (χ1v) is 7.72. The van der Waals surface area contributed by atoms with Gasteiger partial charge in [-0.2, -0.15) is 0 Å². The van der Waals surface area contributed by atoms with Crippen LogP contribution >= 0.6 is 11.8 Å². The van der Waals surface area contributed by atoms with Crippen LogP contribution in [0.15, 0.2) is 23.1 Å². The molecule has 1 aliphatic rings. The molecule has 1 aliphatic carbocycles. The van der Waals surface area contributed by atoms with Gasteiger partial charge in [0.25, 0.3) is 0 Å². The van der Waals surface area contributed by atoms with Gasteiger partial charge in [-0.1, -0.05) is 19.3 Å². The Bertz CT molecular complexity index is 388. The van der Waals surface area contributed by atoms with Gasteiger partial charge in [0.1, 0.15) is 5.82 Å². The lowest BCUT2D eigenvalue weighted by Gasteiger charge is -2.23. The average molecular weight is 267 g/mol. The first-order chi connectivity index (χ1) is 8.70. The van der Waals surface area contributed by atoms with E-state index in [0.29, 0.717) is 5.25 Å². The summed E-state index contributed by atoms with van der Waals surface area (Å²) in [5.41, 5.74) is 1.09. The maximum atomic E-state index is 13.4. The van der Waals surface area contributed by atoms with Crippen molar-refractivity contribution < 1.29 is 4.39 Å². The topological polar surface area (TPSA) is 12.0 Å². The highest BCUT2D eigenvalue weighted by molar-refractivity contribution is 8.00. The van der Waals surface area contributed by atoms with Gasteiger partial charge < -0.3 is 5.32 Å². The van der Waals surface area contributed by atoms with Crippen LogP contribution in [0.3, 0.4) is 0 Å². The molecule has 1 unspecified atom stereocenters. The first kappa shape index (κ1) is 13.9. The smallest absolute Gasteiger partial charge is 0.123 e. The fourth-order valence-electron chi connectivity index (χ4n) is 2.48. The van der Waals surface area contributed by atoms with Gasteiger partial charge in [0.2, 0.25) is 0 Å². The summed E-state index contributed by atoms with van der Waals surface area (Å²) in [7, 11) is 1.92. The largest absolute Gasteiger partial charge is 0.313 e. The summed E-state index contributed by atoms with van der Waals surface area (Å²) < 4.78 is 13.4. The molecule has 1 saturated carbocycles. The average Bonchev–Trinajstić information content (AvgIpc) is 2.41. The molecule has 18 heavy (non-hydrogen) atoms. The number of nitrogens with one attached hydrogen (secondary N) is 1. The van der Waals surface area contributed by atoms with Gasteiger partial charge in [-0.15, -0.1) is 11.8 Å². The summed E-state index contributed by atoms with van der Waals surface area (Å²) in [6.45, 7) is 2.08. The predicted octanol–water partition coefficient (Wildman–Crippen LogP) is 4.53. The lowest BCUT2D eigenvalue weighted by molar-refractivity contribution is 0.515. The second-order valence-corrected chi connectivity index (χ2v) is 6.41. The van der Waals surface area contributed by atoms with E-state index < -0.39 is 0 Å². The van der Waals surface area contributed by atoms with Crippen molar-refractivity contribution in [1.82, 2.24) is 5.32 Å². The van der Waals surface area contributed by atoms with Crippen molar-refractivity contribution in [3.05, 3.63) is 29.6 Å². The van der Waals surface area contributed by atoms with Gasteiger partial charge in [0.05, 0.1) is 0 Å². The molecular formula is C15H22FNS. The summed E-state index contributed by atoms with van der Waals surface area (Å²) in [5, 5.41) is 3.92. The van der Waals surface area contributed by atoms with Crippen molar-refractivity contribution in [2.24, 2.45) is 0 Å². The van der Waals surface area contributed by atoms with E-state index in [0.717, 1.165) is 5.56 Å². The Labute approximate surface area is 114 Å². The molecule has 0 spiro atoms. The molecule has 2 rings (SSSR count). The van der Waals surface area contributed by atoms with Crippen molar-refractivity contribution in [3.63, 3.8) is 0 Å². The number of hydrogen-bond acceptors (Lipinski definition) is 2. The minimum absolute atomic E-state index is 0.139. The molecule has 1 nitrogen and oxygen atoms in total. The lowest BCUT2D eigenvalue weighted by atomic mass is 10.0. The number of benzene rings is 1. The lowest BCUT2D eigenvalue weighted by Crippen LogP contribution is -2.15. The summed E-state index contributed by atoms with van der Waals surface area (Å²) in [5.74, 6) is -0.139. The van der Waals surface area contributed by atoms with E-state index in [4.69, 9.17) is 0 Å². The Morgan fingerprint density at radius 2 is 2.00 bits per heavy atom. The van der Waals surface area contributed by atoms with Crippen molar-refractivity contribution in [2.75, 3.05) is 7.05 Å². The normalized spacial score (nSPS) is 18.8. The van der Waals surface area contributed by atoms with Crippen LogP contribution in [-0.4, -0.2) is 12.3 Å². The van der Waals surface area contributed by atoms with Crippen LogP contribution in [0.4, 0.5) is 4.39 Å². The number of halogens is 1. The van der Waals surface area contributed by atoms with Crippen LogP contribution in [0.2, 0.25) is 0 Å². The van der Waals surface area contributed by atoms with Gasteiger partial charge in [-0.3, -0.25) is 0 Å². The fraction of sp³-hybridized carbons (Fsp3) is 0.600. The molecule has 0 heterocycles. The molecule has 0 saturated heterocycles. The van der Waals surface area contributed by atoms with E-state index in [-0.39, 0.29) is 11.9 Å². The summed E-state index contributed by atoms with van der Waals surface area (Å²) in [4.78, 5) is 1.24. The van der Waals surface area contributed by atoms with Crippen molar-refractivity contribution in [1.29, 1.82) is 0 Å². The van der Waals surface area contributed by atoms with Crippen molar-refractivity contribution >= 4 is 11.8 Å². The minimum Gasteiger partial charge on any atom is -0.313 e. The van der Waals surface area contributed by atoms with Crippen LogP contribution in [0.25, 0.3) is 0 Å². The van der Waals surface area contributed by atoms with Crippen LogP contribution in [0.1, 0.15) is 50.6 Å². The minimum atomic E-state index is -0.139. The second kappa shape index (κ2) is 6.58. The second-order valence-electron chi connectivity index (χ2n) is 5.07. The highest BCUT2D eigenvalue weighted by Gasteiger charge is 2.18. The Morgan fingerprint density at radius 1 is 1.28 bits per heavy atom. The van der Waals surface area contributed by atoms with Gasteiger partial charge >= 0.3 is 0 Å².